The Morgan fingerprint density at radius 1 is 1.07 bits per heavy atom. The van der Waals surface area contributed by atoms with Crippen molar-refractivity contribution in [3.8, 4) is 0 Å². The van der Waals surface area contributed by atoms with Crippen molar-refractivity contribution in [2.24, 2.45) is 11.8 Å². The van der Waals surface area contributed by atoms with Crippen molar-refractivity contribution in [2.75, 3.05) is 53.4 Å². The molecule has 5 saturated heterocycles. The molecule has 0 aromatic carbocycles. The number of aromatic nitrogens is 3. The number of likely N-dealkylation sites (tertiary alicyclic amines) is 1. The number of aliphatic hydroxyl groups excluding tert-OH is 3. The number of amides is 4. The van der Waals surface area contributed by atoms with Gasteiger partial charge in [-0.05, 0) is 45.2 Å². The molecule has 0 spiro atoms. The third-order valence-electron chi connectivity index (χ3n) is 10.3. The van der Waals surface area contributed by atoms with Gasteiger partial charge in [0, 0.05) is 65.1 Å². The Morgan fingerprint density at radius 3 is 2.57 bits per heavy atom. The molecule has 46 heavy (non-hydrogen) atoms. The van der Waals surface area contributed by atoms with Crippen molar-refractivity contribution in [2.45, 2.75) is 87.7 Å². The normalized spacial score (nSPS) is 35.7. The van der Waals surface area contributed by atoms with Crippen molar-refractivity contribution >= 4 is 23.6 Å². The molecular formula is C30H46N8O8. The molecular weight excluding hydrogens is 600 g/mol. The topological polar surface area (TPSA) is 194 Å². The van der Waals surface area contributed by atoms with Gasteiger partial charge in [0.1, 0.15) is 30.5 Å². The number of piperidine rings is 1. The molecule has 0 radical (unpaired) electrons. The number of rotatable bonds is 5. The molecule has 1 aromatic heterocycles. The van der Waals surface area contributed by atoms with Crippen molar-refractivity contribution < 1.29 is 39.2 Å². The quantitative estimate of drug-likeness (QED) is 0.261. The van der Waals surface area contributed by atoms with Gasteiger partial charge in [-0.3, -0.25) is 19.2 Å². The number of hydrogen-bond acceptors (Lipinski definition) is 11. The molecule has 4 amide bonds. The Kier molecular flexibility index (Phi) is 9.62. The van der Waals surface area contributed by atoms with Crippen LogP contribution in [0.3, 0.4) is 0 Å². The minimum absolute atomic E-state index is 0.0273. The Bertz CT molecular complexity index is 1300. The molecule has 1 aromatic rings. The standard InChI is InChI=1S/C30H46N8O8/c1-34(2)14-19-15-38(33-32-19)20-11-21-29(44)31-12-22-25(41)26(42)27(43)28(46-22)30(45)36-8-5-17(9-23(39)35-6-3-4-7-35)18(13-36)10-24(40)37(21)16-20/h15,17-18,20-22,25-28,41-43H,3-14,16H2,1-2H3,(H,31,44)/t17-,18-,20-,21-,22-,25-,26+,27+,28-/m0/s1. The lowest BCUT2D eigenvalue weighted by molar-refractivity contribution is -0.224. The highest BCUT2D eigenvalue weighted by Gasteiger charge is 2.50. The van der Waals surface area contributed by atoms with Crippen molar-refractivity contribution in [3.63, 3.8) is 0 Å². The summed E-state index contributed by atoms with van der Waals surface area (Å²) in [6.45, 7) is 2.46. The fourth-order valence-corrected chi connectivity index (χ4v) is 7.68. The Hall–Kier alpha value is -3.18. The molecule has 4 N–H and O–H groups in total. The molecule has 5 aliphatic heterocycles. The highest BCUT2D eigenvalue weighted by molar-refractivity contribution is 5.89. The third-order valence-corrected chi connectivity index (χ3v) is 10.3. The number of hydrogen-bond donors (Lipinski definition) is 4. The lowest BCUT2D eigenvalue weighted by Gasteiger charge is -2.44. The van der Waals surface area contributed by atoms with Gasteiger partial charge in [0.05, 0.1) is 17.9 Å². The molecule has 0 unspecified atom stereocenters. The van der Waals surface area contributed by atoms with Crippen molar-refractivity contribution in [3.05, 3.63) is 11.9 Å². The summed E-state index contributed by atoms with van der Waals surface area (Å²) < 4.78 is 7.55. The number of aliphatic hydroxyl groups is 3. The van der Waals surface area contributed by atoms with Crippen LogP contribution in [0.4, 0.5) is 0 Å². The van der Waals surface area contributed by atoms with Gasteiger partial charge in [0.15, 0.2) is 6.10 Å². The number of fused-ring (bicyclic) bond motifs is 5. The van der Waals surface area contributed by atoms with E-state index in [1.165, 1.54) is 4.90 Å². The molecule has 16 heteroatoms. The van der Waals surface area contributed by atoms with Crippen LogP contribution in [0.15, 0.2) is 6.20 Å². The maximum Gasteiger partial charge on any atom is 0.254 e. The summed E-state index contributed by atoms with van der Waals surface area (Å²) in [5.74, 6) is -1.79. The molecule has 4 bridgehead atoms. The smallest absolute Gasteiger partial charge is 0.254 e. The fraction of sp³-hybridized carbons (Fsp3) is 0.800. The van der Waals surface area contributed by atoms with E-state index in [-0.39, 0.29) is 68.6 Å². The van der Waals surface area contributed by atoms with Crippen LogP contribution in [0.1, 0.15) is 50.3 Å². The lowest BCUT2D eigenvalue weighted by atomic mass is 9.80. The molecule has 5 aliphatic rings. The predicted octanol–water partition coefficient (Wildman–Crippen LogP) is -2.67. The van der Waals surface area contributed by atoms with E-state index >= 15 is 0 Å². The van der Waals surface area contributed by atoms with E-state index in [9.17, 15) is 34.5 Å². The summed E-state index contributed by atoms with van der Waals surface area (Å²) in [5.41, 5.74) is 0.755. The largest absolute Gasteiger partial charge is 0.388 e. The van der Waals surface area contributed by atoms with E-state index in [1.807, 2.05) is 30.1 Å². The first kappa shape index (κ1) is 32.7. The van der Waals surface area contributed by atoms with Crippen LogP contribution in [0.25, 0.3) is 0 Å². The number of carbonyl (C=O) groups is 4. The second-order valence-electron chi connectivity index (χ2n) is 13.8. The molecule has 0 saturated carbocycles. The number of nitrogens with one attached hydrogen (secondary N) is 1. The van der Waals surface area contributed by atoms with Gasteiger partial charge >= 0.3 is 0 Å². The maximum absolute atomic E-state index is 14.1. The Morgan fingerprint density at radius 2 is 1.83 bits per heavy atom. The van der Waals surface area contributed by atoms with Gasteiger partial charge in [-0.25, -0.2) is 4.68 Å². The van der Waals surface area contributed by atoms with Crippen LogP contribution in [0.2, 0.25) is 0 Å². The first-order chi connectivity index (χ1) is 22.0. The summed E-state index contributed by atoms with van der Waals surface area (Å²) in [4.78, 5) is 61.6. The molecule has 5 fully saturated rings. The number of ether oxygens (including phenoxy) is 1. The van der Waals surface area contributed by atoms with Gasteiger partial charge in [0.25, 0.3) is 5.91 Å². The first-order valence-electron chi connectivity index (χ1n) is 16.4. The molecule has 254 valence electrons. The summed E-state index contributed by atoms with van der Waals surface area (Å²) in [5, 5.41) is 43.3. The predicted molar refractivity (Wildman–Crippen MR) is 159 cm³/mol. The average molecular weight is 647 g/mol. The second-order valence-corrected chi connectivity index (χ2v) is 13.8. The van der Waals surface area contributed by atoms with E-state index in [0.29, 0.717) is 19.5 Å². The van der Waals surface area contributed by atoms with Crippen molar-refractivity contribution in [1.82, 2.24) is 39.9 Å². The van der Waals surface area contributed by atoms with Crippen LogP contribution in [0.5, 0.6) is 0 Å². The zero-order valence-electron chi connectivity index (χ0n) is 26.5. The van der Waals surface area contributed by atoms with E-state index in [2.05, 4.69) is 15.6 Å². The van der Waals surface area contributed by atoms with Crippen molar-refractivity contribution in [1.29, 1.82) is 0 Å². The van der Waals surface area contributed by atoms with Crippen LogP contribution in [0, 0.1) is 11.8 Å². The van der Waals surface area contributed by atoms with E-state index in [0.717, 1.165) is 31.6 Å². The molecule has 9 atom stereocenters. The molecule has 6 rings (SSSR count). The highest BCUT2D eigenvalue weighted by atomic mass is 16.5. The van der Waals surface area contributed by atoms with Crippen LogP contribution < -0.4 is 5.32 Å². The zero-order chi connectivity index (χ0) is 32.7. The summed E-state index contributed by atoms with van der Waals surface area (Å²) in [6, 6.07) is -1.16. The molecule has 0 aliphatic carbocycles. The van der Waals surface area contributed by atoms with Crippen LogP contribution in [-0.2, 0) is 30.5 Å². The SMILES string of the molecule is CN(C)Cc1cn([C@H]2C[C@H]3C(=O)NC[C@@H]4O[C@H](C(=O)N5CC[C@@H](CC(=O)N6CCCC6)[C@@H](CC(=O)N3C2)C5)[C@H](O)[C@H](O)[C@H]4O)nn1. The van der Waals surface area contributed by atoms with Gasteiger partial charge in [-0.2, -0.15) is 0 Å². The number of carbonyl (C=O) groups excluding carboxylic acids is 4. The third kappa shape index (κ3) is 6.63. The van der Waals surface area contributed by atoms with E-state index < -0.39 is 48.4 Å². The monoisotopic (exact) mass is 646 g/mol. The lowest BCUT2D eigenvalue weighted by Crippen LogP contribution is -2.65. The minimum Gasteiger partial charge on any atom is -0.388 e. The maximum atomic E-state index is 14.1. The summed E-state index contributed by atoms with van der Waals surface area (Å²) >= 11 is 0. The van der Waals surface area contributed by atoms with Crippen LogP contribution >= 0.6 is 0 Å². The Labute approximate surface area is 267 Å². The minimum atomic E-state index is -1.68. The van der Waals surface area contributed by atoms with E-state index in [1.54, 1.807) is 9.58 Å². The van der Waals surface area contributed by atoms with E-state index in [4.69, 9.17) is 4.74 Å². The number of nitrogens with zero attached hydrogens (tertiary/aromatic N) is 7. The summed E-state index contributed by atoms with van der Waals surface area (Å²) in [7, 11) is 3.85. The van der Waals surface area contributed by atoms with Crippen LogP contribution in [-0.4, -0.2) is 163 Å². The second kappa shape index (κ2) is 13.5. The van der Waals surface area contributed by atoms with Gasteiger partial charge in [-0.15, -0.1) is 5.10 Å². The van der Waals surface area contributed by atoms with Gasteiger partial charge < -0.3 is 45.0 Å². The summed E-state index contributed by atoms with van der Waals surface area (Å²) in [6.07, 6.45) is -2.73. The zero-order valence-corrected chi connectivity index (χ0v) is 26.5. The Balaban J connectivity index is 1.28. The van der Waals surface area contributed by atoms with Gasteiger partial charge in [-0.1, -0.05) is 5.21 Å². The first-order valence-corrected chi connectivity index (χ1v) is 16.4. The van der Waals surface area contributed by atoms with Gasteiger partial charge in [0.2, 0.25) is 17.7 Å². The average Bonchev–Trinajstić information content (AvgIpc) is 3.81. The molecule has 16 nitrogen and oxygen atoms in total. The molecule has 6 heterocycles. The fourth-order valence-electron chi connectivity index (χ4n) is 7.68. The highest BCUT2D eigenvalue weighted by Crippen LogP contribution is 2.35.